The Morgan fingerprint density at radius 2 is 1.78 bits per heavy atom. The van der Waals surface area contributed by atoms with Gasteiger partial charge in [0, 0.05) is 5.69 Å². The summed E-state index contributed by atoms with van der Waals surface area (Å²) in [6.45, 7) is 1.41. The number of carbonyl (C=O) groups is 2. The van der Waals surface area contributed by atoms with Crippen molar-refractivity contribution in [3.05, 3.63) is 59.9 Å². The van der Waals surface area contributed by atoms with Crippen molar-refractivity contribution in [3.63, 3.8) is 0 Å². The normalized spacial score (nSPS) is 12.1. The maximum absolute atomic E-state index is 13.1. The van der Waals surface area contributed by atoms with E-state index in [-0.39, 0.29) is 11.3 Å². The number of amides is 1. The molecule has 0 spiro atoms. The summed E-state index contributed by atoms with van der Waals surface area (Å²) in [5.74, 6) is -1.71. The van der Waals surface area contributed by atoms with E-state index in [2.05, 4.69) is 10.1 Å². The number of anilines is 2. The summed E-state index contributed by atoms with van der Waals surface area (Å²) in [6.07, 6.45) is 0.956. The molecule has 0 bridgehead atoms. The Balaban J connectivity index is 2.28. The Kier molecular flexibility index (Phi) is 6.17. The first-order chi connectivity index (χ1) is 12.6. The first-order valence-corrected chi connectivity index (χ1v) is 9.72. The van der Waals surface area contributed by atoms with Crippen LogP contribution in [0, 0.1) is 5.82 Å². The van der Waals surface area contributed by atoms with E-state index >= 15 is 0 Å². The fourth-order valence-electron chi connectivity index (χ4n) is 2.49. The predicted molar refractivity (Wildman–Crippen MR) is 99.6 cm³/mol. The lowest BCUT2D eigenvalue weighted by Gasteiger charge is -2.28. The molecule has 0 aliphatic rings. The van der Waals surface area contributed by atoms with Crippen LogP contribution >= 0.6 is 0 Å². The minimum Gasteiger partial charge on any atom is -0.465 e. The lowest BCUT2D eigenvalue weighted by atomic mass is 10.2. The molecule has 7 nitrogen and oxygen atoms in total. The van der Waals surface area contributed by atoms with Crippen LogP contribution in [0.3, 0.4) is 0 Å². The quantitative estimate of drug-likeness (QED) is 0.760. The van der Waals surface area contributed by atoms with Crippen molar-refractivity contribution in [1.29, 1.82) is 0 Å². The van der Waals surface area contributed by atoms with Crippen LogP contribution in [-0.2, 0) is 19.6 Å². The number of benzene rings is 2. The van der Waals surface area contributed by atoms with Crippen molar-refractivity contribution in [2.45, 2.75) is 13.0 Å². The summed E-state index contributed by atoms with van der Waals surface area (Å²) in [6, 6.07) is 9.70. The molecule has 0 aliphatic carbocycles. The van der Waals surface area contributed by atoms with Gasteiger partial charge in [0.2, 0.25) is 15.9 Å². The molecule has 2 aromatic carbocycles. The van der Waals surface area contributed by atoms with Crippen LogP contribution in [0.25, 0.3) is 0 Å². The van der Waals surface area contributed by atoms with Gasteiger partial charge in [-0.05, 0) is 49.4 Å². The molecule has 0 saturated carbocycles. The Labute approximate surface area is 156 Å². The average molecular weight is 394 g/mol. The predicted octanol–water partition coefficient (Wildman–Crippen LogP) is 2.41. The van der Waals surface area contributed by atoms with Crippen molar-refractivity contribution in [1.82, 2.24) is 0 Å². The molecule has 2 aromatic rings. The standard InChI is InChI=1S/C18H19FN2O5S/c1-12(21(27(3,24)25)16-9-7-14(19)8-10-16)17(22)20-15-6-4-5-13(11-15)18(23)26-2/h4-12H,1-3H3,(H,20,22)/t12-/m0/s1. The van der Waals surface area contributed by atoms with Gasteiger partial charge >= 0.3 is 5.97 Å². The molecule has 0 aromatic heterocycles. The molecular weight excluding hydrogens is 375 g/mol. The molecule has 0 unspecified atom stereocenters. The molecule has 9 heteroatoms. The van der Waals surface area contributed by atoms with E-state index in [0.717, 1.165) is 22.7 Å². The van der Waals surface area contributed by atoms with Crippen molar-refractivity contribution < 1.29 is 27.1 Å². The monoisotopic (exact) mass is 394 g/mol. The van der Waals surface area contributed by atoms with Crippen molar-refractivity contribution >= 4 is 33.3 Å². The van der Waals surface area contributed by atoms with Crippen LogP contribution in [0.15, 0.2) is 48.5 Å². The van der Waals surface area contributed by atoms with Crippen LogP contribution in [0.2, 0.25) is 0 Å². The van der Waals surface area contributed by atoms with Gasteiger partial charge in [0.05, 0.1) is 24.6 Å². The van der Waals surface area contributed by atoms with E-state index in [1.54, 1.807) is 12.1 Å². The van der Waals surface area contributed by atoms with Crippen molar-refractivity contribution in [3.8, 4) is 0 Å². The number of methoxy groups -OCH3 is 1. The summed E-state index contributed by atoms with van der Waals surface area (Å²) < 4.78 is 43.0. The molecule has 27 heavy (non-hydrogen) atoms. The minimum absolute atomic E-state index is 0.157. The molecular formula is C18H19FN2O5S. The third-order valence-corrected chi connectivity index (χ3v) is 4.96. The number of halogens is 1. The molecule has 1 amide bonds. The van der Waals surface area contributed by atoms with Gasteiger partial charge in [-0.1, -0.05) is 6.07 Å². The second-order valence-electron chi connectivity index (χ2n) is 5.77. The van der Waals surface area contributed by atoms with E-state index < -0.39 is 33.8 Å². The van der Waals surface area contributed by atoms with Gasteiger partial charge in [-0.2, -0.15) is 0 Å². The van der Waals surface area contributed by atoms with Gasteiger partial charge in [-0.3, -0.25) is 9.10 Å². The molecule has 1 N–H and O–H groups in total. The summed E-state index contributed by atoms with van der Waals surface area (Å²) in [7, 11) is -2.58. The van der Waals surface area contributed by atoms with Crippen LogP contribution in [0.5, 0.6) is 0 Å². The van der Waals surface area contributed by atoms with E-state index in [9.17, 15) is 22.4 Å². The zero-order chi connectivity index (χ0) is 20.2. The maximum Gasteiger partial charge on any atom is 0.337 e. The molecule has 0 heterocycles. The fourth-order valence-corrected chi connectivity index (χ4v) is 3.66. The van der Waals surface area contributed by atoms with E-state index in [0.29, 0.717) is 5.69 Å². The summed E-state index contributed by atoms with van der Waals surface area (Å²) in [5.41, 5.74) is 0.702. The number of nitrogens with one attached hydrogen (secondary N) is 1. The number of ether oxygens (including phenoxy) is 1. The number of hydrogen-bond donors (Lipinski definition) is 1. The highest BCUT2D eigenvalue weighted by Crippen LogP contribution is 2.22. The Morgan fingerprint density at radius 3 is 2.33 bits per heavy atom. The molecule has 144 valence electrons. The number of nitrogens with zero attached hydrogens (tertiary/aromatic N) is 1. The Morgan fingerprint density at radius 1 is 1.15 bits per heavy atom. The zero-order valence-electron chi connectivity index (χ0n) is 15.0. The minimum atomic E-state index is -3.82. The number of sulfonamides is 1. The summed E-state index contributed by atoms with van der Waals surface area (Å²) >= 11 is 0. The molecule has 2 rings (SSSR count). The van der Waals surface area contributed by atoms with Crippen LogP contribution in [0.1, 0.15) is 17.3 Å². The molecule has 0 radical (unpaired) electrons. The van der Waals surface area contributed by atoms with Crippen LogP contribution < -0.4 is 9.62 Å². The fraction of sp³-hybridized carbons (Fsp3) is 0.222. The number of esters is 1. The molecule has 0 aliphatic heterocycles. The number of rotatable bonds is 6. The van der Waals surface area contributed by atoms with E-state index in [1.807, 2.05) is 0 Å². The average Bonchev–Trinajstić information content (AvgIpc) is 2.61. The van der Waals surface area contributed by atoms with Crippen molar-refractivity contribution in [2.24, 2.45) is 0 Å². The second-order valence-corrected chi connectivity index (χ2v) is 7.63. The largest absolute Gasteiger partial charge is 0.465 e. The highest BCUT2D eigenvalue weighted by Gasteiger charge is 2.29. The molecule has 0 fully saturated rings. The van der Waals surface area contributed by atoms with Crippen LogP contribution in [-0.4, -0.2) is 39.7 Å². The second kappa shape index (κ2) is 8.17. The first-order valence-electron chi connectivity index (χ1n) is 7.87. The maximum atomic E-state index is 13.1. The summed E-state index contributed by atoms with van der Waals surface area (Å²) in [5, 5.41) is 2.57. The lowest BCUT2D eigenvalue weighted by Crippen LogP contribution is -2.45. The molecule has 1 atom stereocenters. The Bertz CT molecular complexity index is 944. The first kappa shape index (κ1) is 20.4. The van der Waals surface area contributed by atoms with Gasteiger partial charge in [0.15, 0.2) is 0 Å². The van der Waals surface area contributed by atoms with Gasteiger partial charge < -0.3 is 10.1 Å². The van der Waals surface area contributed by atoms with Crippen molar-refractivity contribution in [2.75, 3.05) is 23.0 Å². The number of hydrogen-bond acceptors (Lipinski definition) is 5. The zero-order valence-corrected chi connectivity index (χ0v) is 15.8. The number of carbonyl (C=O) groups excluding carboxylic acids is 2. The topological polar surface area (TPSA) is 92.8 Å². The SMILES string of the molecule is COC(=O)c1cccc(NC(=O)[C@H](C)N(c2ccc(F)cc2)S(C)(=O)=O)c1. The highest BCUT2D eigenvalue weighted by atomic mass is 32.2. The highest BCUT2D eigenvalue weighted by molar-refractivity contribution is 7.92. The molecule has 0 saturated heterocycles. The Hall–Kier alpha value is -2.94. The van der Waals surface area contributed by atoms with E-state index in [4.69, 9.17) is 0 Å². The van der Waals surface area contributed by atoms with Gasteiger partial charge in [0.25, 0.3) is 0 Å². The lowest BCUT2D eigenvalue weighted by molar-refractivity contribution is -0.116. The third-order valence-electron chi connectivity index (χ3n) is 3.72. The van der Waals surface area contributed by atoms with Gasteiger partial charge in [0.1, 0.15) is 11.9 Å². The van der Waals surface area contributed by atoms with Crippen LogP contribution in [0.4, 0.5) is 15.8 Å². The van der Waals surface area contributed by atoms with E-state index in [1.165, 1.54) is 38.3 Å². The van der Waals surface area contributed by atoms with Gasteiger partial charge in [-0.15, -0.1) is 0 Å². The smallest absolute Gasteiger partial charge is 0.337 e. The van der Waals surface area contributed by atoms with Gasteiger partial charge in [-0.25, -0.2) is 17.6 Å². The third kappa shape index (κ3) is 5.04. The summed E-state index contributed by atoms with van der Waals surface area (Å²) in [4.78, 5) is 24.2.